The molecule has 4 unspecified atom stereocenters. The highest BCUT2D eigenvalue weighted by Gasteiger charge is 2.26. The van der Waals surface area contributed by atoms with E-state index in [-0.39, 0.29) is 12.8 Å². The maximum atomic E-state index is 12.0. The molecule has 12 nitrogen and oxygen atoms in total. The summed E-state index contributed by atoms with van der Waals surface area (Å²) in [7, 11) is 0. The second-order valence-electron chi connectivity index (χ2n) is 5.65. The van der Waals surface area contributed by atoms with E-state index in [0.717, 1.165) is 0 Å². The largest absolute Gasteiger partial charge is 0.480 e. The van der Waals surface area contributed by atoms with Gasteiger partial charge in [-0.25, -0.2) is 0 Å². The molecule has 0 fully saturated rings. The van der Waals surface area contributed by atoms with Gasteiger partial charge in [-0.05, 0) is 20.3 Å². The Balaban J connectivity index is 4.63. The molecule has 0 aliphatic heterocycles. The van der Waals surface area contributed by atoms with Crippen molar-refractivity contribution < 1.29 is 34.2 Å². The van der Waals surface area contributed by atoms with Gasteiger partial charge in [-0.3, -0.25) is 24.0 Å². The van der Waals surface area contributed by atoms with E-state index in [2.05, 4.69) is 16.0 Å². The van der Waals surface area contributed by atoms with Crippen LogP contribution in [0.15, 0.2) is 0 Å². The molecule has 4 atom stereocenters. The zero-order valence-corrected chi connectivity index (χ0v) is 14.5. The van der Waals surface area contributed by atoms with Gasteiger partial charge in [0.15, 0.2) is 0 Å². The molecule has 12 heteroatoms. The van der Waals surface area contributed by atoms with Gasteiger partial charge in [0.2, 0.25) is 23.6 Å². The van der Waals surface area contributed by atoms with Crippen LogP contribution in [0.5, 0.6) is 0 Å². The Bertz CT molecular complexity index is 554. The monoisotopic (exact) mass is 375 g/mol. The molecule has 0 saturated carbocycles. The number of carbonyl (C=O) groups is 5. The van der Waals surface area contributed by atoms with Crippen LogP contribution in [0.2, 0.25) is 0 Å². The summed E-state index contributed by atoms with van der Waals surface area (Å²) in [6.45, 7) is 1.79. The molecule has 0 bridgehead atoms. The molecule has 0 aliphatic carbocycles. The Labute approximate surface area is 149 Å². The van der Waals surface area contributed by atoms with Crippen LogP contribution in [-0.2, 0) is 24.0 Å². The van der Waals surface area contributed by atoms with Crippen LogP contribution in [-0.4, -0.2) is 70.6 Å². The minimum absolute atomic E-state index is 0.0349. The smallest absolute Gasteiger partial charge is 0.325 e. The van der Waals surface area contributed by atoms with Crippen LogP contribution in [0.4, 0.5) is 0 Å². The SMILES string of the molecule is CC(NC(=O)C(C)NC(=O)C(CO)NC(=O)C(N)CCC(N)=O)C(=O)O. The van der Waals surface area contributed by atoms with Crippen LogP contribution in [0.1, 0.15) is 26.7 Å². The topological polar surface area (TPSA) is 214 Å². The van der Waals surface area contributed by atoms with E-state index in [1.165, 1.54) is 13.8 Å². The maximum absolute atomic E-state index is 12.0. The van der Waals surface area contributed by atoms with Gasteiger partial charge < -0.3 is 37.6 Å². The Morgan fingerprint density at radius 1 is 0.923 bits per heavy atom. The van der Waals surface area contributed by atoms with E-state index >= 15 is 0 Å². The van der Waals surface area contributed by atoms with Gasteiger partial charge in [-0.15, -0.1) is 0 Å². The average molecular weight is 375 g/mol. The average Bonchev–Trinajstić information content (AvgIpc) is 2.56. The summed E-state index contributed by atoms with van der Waals surface area (Å²) in [6, 6.07) is -4.76. The van der Waals surface area contributed by atoms with Crippen molar-refractivity contribution in [3.63, 3.8) is 0 Å². The normalized spacial score (nSPS) is 15.1. The number of nitrogens with two attached hydrogens (primary N) is 2. The van der Waals surface area contributed by atoms with Crippen molar-refractivity contribution >= 4 is 29.6 Å². The quantitative estimate of drug-likeness (QED) is 0.189. The first-order valence-electron chi connectivity index (χ1n) is 7.78. The summed E-state index contributed by atoms with van der Waals surface area (Å²) >= 11 is 0. The van der Waals surface area contributed by atoms with Crippen molar-refractivity contribution in [1.82, 2.24) is 16.0 Å². The van der Waals surface area contributed by atoms with E-state index in [9.17, 15) is 29.1 Å². The second-order valence-corrected chi connectivity index (χ2v) is 5.65. The predicted molar refractivity (Wildman–Crippen MR) is 88.3 cm³/mol. The van der Waals surface area contributed by atoms with Crippen molar-refractivity contribution in [2.45, 2.75) is 50.9 Å². The van der Waals surface area contributed by atoms with Gasteiger partial charge in [-0.2, -0.15) is 0 Å². The third kappa shape index (κ3) is 8.39. The number of nitrogens with one attached hydrogen (secondary N) is 3. The third-order valence-electron chi connectivity index (χ3n) is 3.34. The molecule has 9 N–H and O–H groups in total. The van der Waals surface area contributed by atoms with Crippen LogP contribution in [0.25, 0.3) is 0 Å². The number of rotatable bonds is 11. The fourth-order valence-corrected chi connectivity index (χ4v) is 1.68. The van der Waals surface area contributed by atoms with E-state index < -0.39 is 60.4 Å². The summed E-state index contributed by atoms with van der Waals surface area (Å²) in [5.41, 5.74) is 10.5. The first kappa shape index (κ1) is 23.3. The molecule has 0 radical (unpaired) electrons. The standard InChI is InChI=1S/C14H25N5O7/c1-6(11(22)18-7(2)14(25)26)17-13(24)9(5-20)19-12(23)8(15)3-4-10(16)21/h6-9,20H,3-5,15H2,1-2H3,(H2,16,21)(H,17,24)(H,18,22)(H,19,23)(H,25,26). The summed E-state index contributed by atoms with van der Waals surface area (Å²) in [5, 5.41) is 24.6. The first-order valence-corrected chi connectivity index (χ1v) is 7.78. The predicted octanol–water partition coefficient (Wildman–Crippen LogP) is -3.85. The minimum Gasteiger partial charge on any atom is -0.480 e. The number of aliphatic hydroxyl groups excluding tert-OH is 1. The zero-order chi connectivity index (χ0) is 20.4. The molecule has 0 spiro atoms. The summed E-state index contributed by atoms with van der Waals surface area (Å²) in [6.07, 6.45) is -0.156. The lowest BCUT2D eigenvalue weighted by Crippen LogP contribution is -2.57. The highest BCUT2D eigenvalue weighted by molar-refractivity contribution is 5.94. The van der Waals surface area contributed by atoms with Gasteiger partial charge >= 0.3 is 5.97 Å². The summed E-state index contributed by atoms with van der Waals surface area (Å²) in [5.74, 6) is -4.29. The van der Waals surface area contributed by atoms with Crippen LogP contribution in [0.3, 0.4) is 0 Å². The maximum Gasteiger partial charge on any atom is 0.325 e. The van der Waals surface area contributed by atoms with Gasteiger partial charge in [0.1, 0.15) is 18.1 Å². The molecular weight excluding hydrogens is 350 g/mol. The molecule has 0 aliphatic rings. The highest BCUT2D eigenvalue weighted by atomic mass is 16.4. The first-order chi connectivity index (χ1) is 12.0. The molecule has 0 saturated heterocycles. The lowest BCUT2D eigenvalue weighted by molar-refractivity contribution is -0.141. The Hall–Kier alpha value is -2.73. The molecular formula is C14H25N5O7. The number of amides is 4. The number of carboxylic acid groups (broad SMARTS) is 1. The number of hydrogen-bond donors (Lipinski definition) is 7. The van der Waals surface area contributed by atoms with Gasteiger partial charge in [0, 0.05) is 6.42 Å². The molecule has 26 heavy (non-hydrogen) atoms. The van der Waals surface area contributed by atoms with Gasteiger partial charge in [0.05, 0.1) is 12.6 Å². The number of carboxylic acids is 1. The van der Waals surface area contributed by atoms with Crippen molar-refractivity contribution in [2.24, 2.45) is 11.5 Å². The van der Waals surface area contributed by atoms with Crippen LogP contribution >= 0.6 is 0 Å². The lowest BCUT2D eigenvalue weighted by Gasteiger charge is -2.21. The fourth-order valence-electron chi connectivity index (χ4n) is 1.68. The summed E-state index contributed by atoms with van der Waals surface area (Å²) in [4.78, 5) is 57.0. The molecule has 0 aromatic heterocycles. The molecule has 0 heterocycles. The highest BCUT2D eigenvalue weighted by Crippen LogP contribution is 1.96. The van der Waals surface area contributed by atoms with Crippen molar-refractivity contribution in [2.75, 3.05) is 6.61 Å². The number of primary amides is 1. The van der Waals surface area contributed by atoms with Crippen molar-refractivity contribution in [3.05, 3.63) is 0 Å². The van der Waals surface area contributed by atoms with Crippen LogP contribution < -0.4 is 27.4 Å². The van der Waals surface area contributed by atoms with Gasteiger partial charge in [-0.1, -0.05) is 0 Å². The number of carbonyl (C=O) groups excluding carboxylic acids is 4. The molecule has 0 aromatic carbocycles. The lowest BCUT2D eigenvalue weighted by atomic mass is 10.1. The Morgan fingerprint density at radius 2 is 1.46 bits per heavy atom. The van der Waals surface area contributed by atoms with E-state index in [4.69, 9.17) is 16.6 Å². The van der Waals surface area contributed by atoms with Crippen molar-refractivity contribution in [1.29, 1.82) is 0 Å². The molecule has 0 rings (SSSR count). The van der Waals surface area contributed by atoms with E-state index in [1.807, 2.05) is 0 Å². The van der Waals surface area contributed by atoms with E-state index in [1.54, 1.807) is 0 Å². The Morgan fingerprint density at radius 3 is 1.92 bits per heavy atom. The fraction of sp³-hybridized carbons (Fsp3) is 0.643. The molecule has 4 amide bonds. The minimum atomic E-state index is -1.38. The third-order valence-corrected chi connectivity index (χ3v) is 3.34. The number of aliphatic carboxylic acids is 1. The van der Waals surface area contributed by atoms with E-state index in [0.29, 0.717) is 0 Å². The zero-order valence-electron chi connectivity index (χ0n) is 14.5. The Kier molecular flexibility index (Phi) is 9.84. The second kappa shape index (κ2) is 11.0. The number of hydrogen-bond acceptors (Lipinski definition) is 7. The van der Waals surface area contributed by atoms with Crippen LogP contribution in [0, 0.1) is 0 Å². The molecule has 0 aromatic rings. The molecule has 148 valence electrons. The van der Waals surface area contributed by atoms with Crippen molar-refractivity contribution in [3.8, 4) is 0 Å². The van der Waals surface area contributed by atoms with Gasteiger partial charge in [0.25, 0.3) is 0 Å². The number of aliphatic hydroxyl groups is 1. The summed E-state index contributed by atoms with van der Waals surface area (Å²) < 4.78 is 0.